The number of benzene rings is 1. The van der Waals surface area contributed by atoms with Crippen molar-refractivity contribution in [3.8, 4) is 0 Å². The quantitative estimate of drug-likeness (QED) is 0.650. The number of epoxide rings is 1. The minimum Gasteiger partial charge on any atom is -0.373 e. The third kappa shape index (κ3) is 1.27. The van der Waals surface area contributed by atoms with Gasteiger partial charge in [0.25, 0.3) is 0 Å². The van der Waals surface area contributed by atoms with E-state index in [1.165, 1.54) is 18.4 Å². The van der Waals surface area contributed by atoms with Crippen LogP contribution < -0.4 is 0 Å². The van der Waals surface area contributed by atoms with Crippen molar-refractivity contribution in [1.82, 2.24) is 0 Å². The molecular weight excluding hydrogens is 172 g/mol. The largest absolute Gasteiger partial charge is 0.373 e. The minimum atomic E-state index is 0.428. The minimum absolute atomic E-state index is 0.428. The van der Waals surface area contributed by atoms with Crippen LogP contribution in [0, 0.1) is 5.92 Å². The Hall–Kier alpha value is -0.820. The van der Waals surface area contributed by atoms with E-state index >= 15 is 0 Å². The first-order valence-electron chi connectivity index (χ1n) is 5.45. The van der Waals surface area contributed by atoms with Gasteiger partial charge in [0.05, 0.1) is 12.7 Å². The van der Waals surface area contributed by atoms with Crippen molar-refractivity contribution in [1.29, 1.82) is 0 Å². The molecule has 1 nitrogen and oxygen atoms in total. The first-order chi connectivity index (χ1) is 6.78. The number of hydrogen-bond donors (Lipinski definition) is 0. The van der Waals surface area contributed by atoms with Gasteiger partial charge in [0.2, 0.25) is 0 Å². The highest BCUT2D eigenvalue weighted by Crippen LogP contribution is 2.51. The van der Waals surface area contributed by atoms with Gasteiger partial charge in [0.15, 0.2) is 0 Å². The second-order valence-electron chi connectivity index (χ2n) is 4.97. The van der Waals surface area contributed by atoms with E-state index in [1.54, 1.807) is 0 Å². The summed E-state index contributed by atoms with van der Waals surface area (Å²) in [6.07, 6.45) is 3.22. The number of hydrogen-bond acceptors (Lipinski definition) is 1. The van der Waals surface area contributed by atoms with Crippen LogP contribution in [0.3, 0.4) is 0 Å². The molecule has 1 aromatic rings. The van der Waals surface area contributed by atoms with Gasteiger partial charge in [-0.3, -0.25) is 0 Å². The van der Waals surface area contributed by atoms with Crippen LogP contribution in [-0.2, 0) is 10.2 Å². The maximum atomic E-state index is 5.34. The molecule has 74 valence electrons. The lowest BCUT2D eigenvalue weighted by molar-refractivity contribution is 0.125. The van der Waals surface area contributed by atoms with Gasteiger partial charge in [0, 0.05) is 0 Å². The lowest BCUT2D eigenvalue weighted by atomic mass is 9.59. The molecule has 1 unspecified atom stereocenters. The Morgan fingerprint density at radius 2 is 1.86 bits per heavy atom. The first-order valence-corrected chi connectivity index (χ1v) is 5.45. The zero-order valence-corrected chi connectivity index (χ0v) is 8.57. The van der Waals surface area contributed by atoms with Crippen LogP contribution in [0.5, 0.6) is 0 Å². The molecule has 0 spiro atoms. The SMILES string of the molecule is CC1(c2ccccc2)CC(C2CO2)C1. The Morgan fingerprint density at radius 1 is 1.21 bits per heavy atom. The van der Waals surface area contributed by atoms with Crippen molar-refractivity contribution in [2.45, 2.75) is 31.3 Å². The molecule has 1 atom stereocenters. The van der Waals surface area contributed by atoms with E-state index in [4.69, 9.17) is 4.74 Å². The van der Waals surface area contributed by atoms with Crippen LogP contribution in [-0.4, -0.2) is 12.7 Å². The Kier molecular flexibility index (Phi) is 1.72. The molecule has 1 saturated heterocycles. The fourth-order valence-corrected chi connectivity index (χ4v) is 2.76. The van der Waals surface area contributed by atoms with E-state index in [0.29, 0.717) is 11.5 Å². The van der Waals surface area contributed by atoms with Crippen molar-refractivity contribution >= 4 is 0 Å². The fourth-order valence-electron chi connectivity index (χ4n) is 2.76. The van der Waals surface area contributed by atoms with Crippen molar-refractivity contribution in [2.75, 3.05) is 6.61 Å². The molecule has 0 N–H and O–H groups in total. The van der Waals surface area contributed by atoms with Gasteiger partial charge in [-0.15, -0.1) is 0 Å². The van der Waals surface area contributed by atoms with Gasteiger partial charge in [-0.1, -0.05) is 37.3 Å². The predicted octanol–water partition coefficient (Wildman–Crippen LogP) is 2.75. The third-order valence-electron chi connectivity index (χ3n) is 3.78. The number of ether oxygens (including phenoxy) is 1. The number of rotatable bonds is 2. The molecule has 1 saturated carbocycles. The summed E-state index contributed by atoms with van der Waals surface area (Å²) in [7, 11) is 0. The van der Waals surface area contributed by atoms with Crippen molar-refractivity contribution in [3.63, 3.8) is 0 Å². The van der Waals surface area contributed by atoms with E-state index < -0.39 is 0 Å². The summed E-state index contributed by atoms with van der Waals surface area (Å²) in [6, 6.07) is 10.9. The monoisotopic (exact) mass is 188 g/mol. The lowest BCUT2D eigenvalue weighted by Crippen LogP contribution is -2.40. The Bertz CT molecular complexity index is 320. The van der Waals surface area contributed by atoms with Crippen LogP contribution in [0.1, 0.15) is 25.3 Å². The van der Waals surface area contributed by atoms with Gasteiger partial charge in [-0.05, 0) is 29.7 Å². The average molecular weight is 188 g/mol. The average Bonchev–Trinajstić information content (AvgIpc) is 2.98. The maximum absolute atomic E-state index is 5.34. The standard InChI is InChI=1S/C13H16O/c1-13(11-5-3-2-4-6-11)7-10(8-13)12-9-14-12/h2-6,10,12H,7-9H2,1H3. The molecule has 3 rings (SSSR count). The van der Waals surface area contributed by atoms with E-state index in [9.17, 15) is 0 Å². The van der Waals surface area contributed by atoms with Crippen LogP contribution in [0.2, 0.25) is 0 Å². The molecular formula is C13H16O. The van der Waals surface area contributed by atoms with Crippen LogP contribution in [0.25, 0.3) is 0 Å². The van der Waals surface area contributed by atoms with Crippen molar-refractivity contribution in [2.24, 2.45) is 5.92 Å². The van der Waals surface area contributed by atoms with Crippen molar-refractivity contribution < 1.29 is 4.74 Å². The summed E-state index contributed by atoms with van der Waals surface area (Å²) in [6.45, 7) is 3.39. The van der Waals surface area contributed by atoms with Gasteiger partial charge in [-0.2, -0.15) is 0 Å². The fraction of sp³-hybridized carbons (Fsp3) is 0.538. The molecule has 0 amide bonds. The highest BCUT2D eigenvalue weighted by Gasteiger charge is 2.48. The van der Waals surface area contributed by atoms with E-state index in [1.807, 2.05) is 0 Å². The zero-order valence-electron chi connectivity index (χ0n) is 8.57. The highest BCUT2D eigenvalue weighted by atomic mass is 16.6. The summed E-state index contributed by atoms with van der Waals surface area (Å²) < 4.78 is 5.34. The smallest absolute Gasteiger partial charge is 0.0838 e. The molecule has 1 heteroatoms. The lowest BCUT2D eigenvalue weighted by Gasteiger charge is -2.45. The Labute approximate surface area is 85.1 Å². The maximum Gasteiger partial charge on any atom is 0.0838 e. The molecule has 0 bridgehead atoms. The Morgan fingerprint density at radius 3 is 2.43 bits per heavy atom. The first kappa shape index (κ1) is 8.49. The van der Waals surface area contributed by atoms with Gasteiger partial charge >= 0.3 is 0 Å². The molecule has 1 aliphatic heterocycles. The molecule has 2 fully saturated rings. The molecule has 2 aliphatic rings. The molecule has 1 heterocycles. The summed E-state index contributed by atoms with van der Waals surface area (Å²) in [5.41, 5.74) is 1.93. The molecule has 1 aromatic carbocycles. The molecule has 0 aromatic heterocycles. The summed E-state index contributed by atoms with van der Waals surface area (Å²) in [5, 5.41) is 0. The summed E-state index contributed by atoms with van der Waals surface area (Å²) in [5.74, 6) is 0.834. The molecule has 14 heavy (non-hydrogen) atoms. The normalized spacial score (nSPS) is 40.4. The van der Waals surface area contributed by atoms with Crippen LogP contribution >= 0.6 is 0 Å². The van der Waals surface area contributed by atoms with Gasteiger partial charge in [-0.25, -0.2) is 0 Å². The molecule has 0 radical (unpaired) electrons. The third-order valence-corrected chi connectivity index (χ3v) is 3.78. The van der Waals surface area contributed by atoms with Crippen molar-refractivity contribution in [3.05, 3.63) is 35.9 Å². The highest BCUT2D eigenvalue weighted by molar-refractivity contribution is 5.28. The Balaban J connectivity index is 1.74. The van der Waals surface area contributed by atoms with Crippen LogP contribution in [0.15, 0.2) is 30.3 Å². The summed E-state index contributed by atoms with van der Waals surface area (Å²) >= 11 is 0. The topological polar surface area (TPSA) is 12.5 Å². The van der Waals surface area contributed by atoms with Gasteiger partial charge in [0.1, 0.15) is 0 Å². The second kappa shape index (κ2) is 2.83. The predicted molar refractivity (Wildman–Crippen MR) is 56.3 cm³/mol. The van der Waals surface area contributed by atoms with E-state index in [0.717, 1.165) is 12.5 Å². The molecule has 1 aliphatic carbocycles. The van der Waals surface area contributed by atoms with E-state index in [-0.39, 0.29) is 0 Å². The van der Waals surface area contributed by atoms with E-state index in [2.05, 4.69) is 37.3 Å². The van der Waals surface area contributed by atoms with Crippen LogP contribution in [0.4, 0.5) is 0 Å². The summed E-state index contributed by atoms with van der Waals surface area (Å²) in [4.78, 5) is 0. The zero-order chi connectivity index (χ0) is 9.60. The second-order valence-corrected chi connectivity index (χ2v) is 4.97. The van der Waals surface area contributed by atoms with Gasteiger partial charge < -0.3 is 4.74 Å².